The second-order valence-electron chi connectivity index (χ2n) is 4.49. The summed E-state index contributed by atoms with van der Waals surface area (Å²) in [5.74, 6) is 1.79. The minimum absolute atomic E-state index is 0.225. The SMILES string of the molecule is N#CC1(NC(=O)OCc2ccccc2)CCSCC1. The molecule has 0 saturated carbocycles. The Labute approximate surface area is 117 Å². The first-order chi connectivity index (χ1) is 9.24. The molecule has 0 aliphatic carbocycles. The Morgan fingerprint density at radius 2 is 2.05 bits per heavy atom. The zero-order valence-corrected chi connectivity index (χ0v) is 11.4. The van der Waals surface area contributed by atoms with Crippen molar-refractivity contribution in [2.45, 2.75) is 25.0 Å². The van der Waals surface area contributed by atoms with Crippen LogP contribution in [0.1, 0.15) is 18.4 Å². The molecule has 1 fully saturated rings. The van der Waals surface area contributed by atoms with E-state index in [4.69, 9.17) is 4.74 Å². The maximum Gasteiger partial charge on any atom is 0.408 e. The van der Waals surface area contributed by atoms with E-state index in [1.807, 2.05) is 30.3 Å². The summed E-state index contributed by atoms with van der Waals surface area (Å²) in [5, 5.41) is 12.0. The molecule has 1 amide bonds. The summed E-state index contributed by atoms with van der Waals surface area (Å²) < 4.78 is 5.15. The molecule has 0 radical (unpaired) electrons. The fraction of sp³-hybridized carbons (Fsp3) is 0.429. The Morgan fingerprint density at radius 1 is 1.37 bits per heavy atom. The highest BCUT2D eigenvalue weighted by molar-refractivity contribution is 7.99. The average Bonchev–Trinajstić information content (AvgIpc) is 2.47. The van der Waals surface area contributed by atoms with E-state index < -0.39 is 11.6 Å². The van der Waals surface area contributed by atoms with E-state index in [2.05, 4.69) is 11.4 Å². The average molecular weight is 276 g/mol. The van der Waals surface area contributed by atoms with Crippen molar-refractivity contribution in [3.05, 3.63) is 35.9 Å². The third-order valence-electron chi connectivity index (χ3n) is 3.11. The first-order valence-electron chi connectivity index (χ1n) is 6.22. The summed E-state index contributed by atoms with van der Waals surface area (Å²) in [7, 11) is 0. The predicted octanol–water partition coefficient (Wildman–Crippen LogP) is 2.70. The molecule has 1 aliphatic heterocycles. The maximum absolute atomic E-state index is 11.8. The summed E-state index contributed by atoms with van der Waals surface area (Å²) in [5.41, 5.74) is 0.182. The second kappa shape index (κ2) is 6.48. The molecule has 100 valence electrons. The zero-order chi connectivity index (χ0) is 13.6. The molecular formula is C14H16N2O2S. The Bertz CT molecular complexity index is 464. The van der Waals surface area contributed by atoms with E-state index >= 15 is 0 Å². The minimum atomic E-state index is -0.751. The van der Waals surface area contributed by atoms with E-state index in [1.54, 1.807) is 11.8 Å². The molecule has 4 nitrogen and oxygen atoms in total. The number of nitrogens with zero attached hydrogens (tertiary/aromatic N) is 1. The first-order valence-corrected chi connectivity index (χ1v) is 7.37. The lowest BCUT2D eigenvalue weighted by Gasteiger charge is -2.30. The summed E-state index contributed by atoms with van der Waals surface area (Å²) in [6, 6.07) is 11.7. The highest BCUT2D eigenvalue weighted by Crippen LogP contribution is 2.26. The van der Waals surface area contributed by atoms with Gasteiger partial charge in [-0.15, -0.1) is 0 Å². The third-order valence-corrected chi connectivity index (χ3v) is 4.10. The van der Waals surface area contributed by atoms with Crippen LogP contribution in [0.2, 0.25) is 0 Å². The molecular weight excluding hydrogens is 260 g/mol. The molecule has 19 heavy (non-hydrogen) atoms. The van der Waals surface area contributed by atoms with E-state index in [0.717, 1.165) is 17.1 Å². The predicted molar refractivity (Wildman–Crippen MR) is 74.7 cm³/mol. The van der Waals surface area contributed by atoms with Crippen molar-refractivity contribution < 1.29 is 9.53 Å². The Hall–Kier alpha value is -1.67. The van der Waals surface area contributed by atoms with Gasteiger partial charge in [0.15, 0.2) is 0 Å². The number of hydrogen-bond donors (Lipinski definition) is 1. The van der Waals surface area contributed by atoms with Gasteiger partial charge in [0.05, 0.1) is 6.07 Å². The Kier molecular flexibility index (Phi) is 4.69. The molecule has 0 atom stereocenters. The van der Waals surface area contributed by atoms with Gasteiger partial charge in [-0.3, -0.25) is 0 Å². The number of rotatable bonds is 3. The lowest BCUT2D eigenvalue weighted by atomic mass is 9.94. The molecule has 1 saturated heterocycles. The van der Waals surface area contributed by atoms with Crippen LogP contribution in [0.3, 0.4) is 0 Å². The van der Waals surface area contributed by atoms with Crippen LogP contribution in [0, 0.1) is 11.3 Å². The number of nitriles is 1. The summed E-state index contributed by atoms with van der Waals surface area (Å²) in [6.45, 7) is 0.225. The van der Waals surface area contributed by atoms with Crippen molar-refractivity contribution in [3.63, 3.8) is 0 Å². The fourth-order valence-electron chi connectivity index (χ4n) is 1.94. The molecule has 1 heterocycles. The molecule has 1 aliphatic rings. The highest BCUT2D eigenvalue weighted by Gasteiger charge is 2.34. The van der Waals surface area contributed by atoms with Crippen molar-refractivity contribution in [2.24, 2.45) is 0 Å². The van der Waals surface area contributed by atoms with E-state index in [-0.39, 0.29) is 6.61 Å². The van der Waals surface area contributed by atoms with Crippen LogP contribution in [-0.4, -0.2) is 23.1 Å². The van der Waals surface area contributed by atoms with Gasteiger partial charge in [-0.2, -0.15) is 17.0 Å². The smallest absolute Gasteiger partial charge is 0.408 e. The molecule has 1 aromatic carbocycles. The van der Waals surface area contributed by atoms with Gasteiger partial charge in [0, 0.05) is 0 Å². The fourth-order valence-corrected chi connectivity index (χ4v) is 3.13. The van der Waals surface area contributed by atoms with Crippen LogP contribution in [-0.2, 0) is 11.3 Å². The van der Waals surface area contributed by atoms with Crippen molar-refractivity contribution in [3.8, 4) is 6.07 Å². The van der Waals surface area contributed by atoms with Crippen LogP contribution in [0.4, 0.5) is 4.79 Å². The number of thioether (sulfide) groups is 1. The van der Waals surface area contributed by atoms with Crippen molar-refractivity contribution in [2.75, 3.05) is 11.5 Å². The quantitative estimate of drug-likeness (QED) is 0.922. The van der Waals surface area contributed by atoms with Gasteiger partial charge in [-0.1, -0.05) is 30.3 Å². The van der Waals surface area contributed by atoms with Crippen LogP contribution in [0.5, 0.6) is 0 Å². The standard InChI is InChI=1S/C14H16N2O2S/c15-11-14(6-8-19-9-7-14)16-13(17)18-10-12-4-2-1-3-5-12/h1-5H,6-10H2,(H,16,17). The van der Waals surface area contributed by atoms with Crippen molar-refractivity contribution in [1.29, 1.82) is 5.26 Å². The van der Waals surface area contributed by atoms with Gasteiger partial charge in [0.2, 0.25) is 0 Å². The van der Waals surface area contributed by atoms with Crippen molar-refractivity contribution >= 4 is 17.9 Å². The van der Waals surface area contributed by atoms with E-state index in [9.17, 15) is 10.1 Å². The van der Waals surface area contributed by atoms with Crippen LogP contribution in [0.25, 0.3) is 0 Å². The number of nitrogens with one attached hydrogen (secondary N) is 1. The number of amides is 1. The van der Waals surface area contributed by atoms with E-state index in [0.29, 0.717) is 12.8 Å². The molecule has 2 rings (SSSR count). The van der Waals surface area contributed by atoms with Gasteiger partial charge in [-0.05, 0) is 29.9 Å². The van der Waals surface area contributed by atoms with Gasteiger partial charge < -0.3 is 10.1 Å². The second-order valence-corrected chi connectivity index (χ2v) is 5.72. The number of ether oxygens (including phenoxy) is 1. The topological polar surface area (TPSA) is 62.1 Å². The maximum atomic E-state index is 11.8. The number of carbonyl (C=O) groups excluding carboxylic acids is 1. The first kappa shape index (κ1) is 13.8. The lowest BCUT2D eigenvalue weighted by Crippen LogP contribution is -2.49. The van der Waals surface area contributed by atoms with Crippen LogP contribution >= 0.6 is 11.8 Å². The number of hydrogen-bond acceptors (Lipinski definition) is 4. The molecule has 0 spiro atoms. The Balaban J connectivity index is 1.85. The molecule has 1 N–H and O–H groups in total. The molecule has 0 aromatic heterocycles. The monoisotopic (exact) mass is 276 g/mol. The molecule has 0 unspecified atom stereocenters. The highest BCUT2D eigenvalue weighted by atomic mass is 32.2. The lowest BCUT2D eigenvalue weighted by molar-refractivity contribution is 0.130. The summed E-state index contributed by atoms with van der Waals surface area (Å²) in [4.78, 5) is 11.8. The van der Waals surface area contributed by atoms with Crippen LogP contribution in [0.15, 0.2) is 30.3 Å². The number of carbonyl (C=O) groups is 1. The molecule has 0 bridgehead atoms. The summed E-state index contributed by atoms with van der Waals surface area (Å²) in [6.07, 6.45) is 0.834. The third kappa shape index (κ3) is 3.90. The minimum Gasteiger partial charge on any atom is -0.445 e. The molecule has 1 aromatic rings. The molecule has 5 heteroatoms. The number of alkyl carbamates (subject to hydrolysis) is 1. The summed E-state index contributed by atoms with van der Waals surface area (Å²) >= 11 is 1.81. The Morgan fingerprint density at radius 3 is 2.68 bits per heavy atom. The van der Waals surface area contributed by atoms with Crippen LogP contribution < -0.4 is 5.32 Å². The zero-order valence-electron chi connectivity index (χ0n) is 10.6. The van der Waals surface area contributed by atoms with Gasteiger partial charge in [0.1, 0.15) is 12.1 Å². The van der Waals surface area contributed by atoms with Gasteiger partial charge >= 0.3 is 6.09 Å². The van der Waals surface area contributed by atoms with Gasteiger partial charge in [-0.25, -0.2) is 4.79 Å². The van der Waals surface area contributed by atoms with Gasteiger partial charge in [0.25, 0.3) is 0 Å². The van der Waals surface area contributed by atoms with E-state index in [1.165, 1.54) is 0 Å². The van der Waals surface area contributed by atoms with Crippen molar-refractivity contribution in [1.82, 2.24) is 5.32 Å². The normalized spacial score (nSPS) is 17.2. The largest absolute Gasteiger partial charge is 0.445 e. The number of benzene rings is 1.